The monoisotopic (exact) mass is 159 g/mol. The highest BCUT2D eigenvalue weighted by Crippen LogP contribution is 2.26. The van der Waals surface area contributed by atoms with E-state index < -0.39 is 6.10 Å². The molecular weight excluding hydrogens is 142 g/mol. The Morgan fingerprint density at radius 3 is 2.73 bits per heavy atom. The standard InChI is InChI=1S/C8H17NO2/c1-6(10)8(2)4-3-7(9)5-11-8/h6-7,10H,3-5,9H2,1-2H3/t6?,7-,8-/m1/s1. The molecule has 11 heavy (non-hydrogen) atoms. The van der Waals surface area contributed by atoms with E-state index in [2.05, 4.69) is 0 Å². The number of nitrogens with two attached hydrogens (primary N) is 1. The van der Waals surface area contributed by atoms with Gasteiger partial charge in [-0.15, -0.1) is 0 Å². The van der Waals surface area contributed by atoms with Crippen LogP contribution >= 0.6 is 0 Å². The molecule has 3 atom stereocenters. The Labute approximate surface area is 67.5 Å². The van der Waals surface area contributed by atoms with Crippen LogP contribution in [0.5, 0.6) is 0 Å². The van der Waals surface area contributed by atoms with Crippen LogP contribution in [0.15, 0.2) is 0 Å². The normalized spacial score (nSPS) is 42.0. The number of ether oxygens (including phenoxy) is 1. The van der Waals surface area contributed by atoms with E-state index in [4.69, 9.17) is 10.5 Å². The molecule has 1 saturated heterocycles. The van der Waals surface area contributed by atoms with E-state index in [1.165, 1.54) is 0 Å². The molecule has 0 aromatic rings. The molecule has 0 aliphatic carbocycles. The molecule has 3 heteroatoms. The van der Waals surface area contributed by atoms with Crippen LogP contribution < -0.4 is 5.73 Å². The number of hydrogen-bond acceptors (Lipinski definition) is 3. The maximum absolute atomic E-state index is 9.36. The Balaban J connectivity index is 2.48. The predicted octanol–water partition coefficient (Wildman–Crippen LogP) is 0.264. The zero-order valence-electron chi connectivity index (χ0n) is 7.21. The van der Waals surface area contributed by atoms with Gasteiger partial charge in [0.15, 0.2) is 0 Å². The second kappa shape index (κ2) is 3.09. The highest BCUT2D eigenvalue weighted by atomic mass is 16.5. The average molecular weight is 159 g/mol. The highest BCUT2D eigenvalue weighted by molar-refractivity contribution is 4.86. The molecule has 1 rings (SSSR count). The topological polar surface area (TPSA) is 55.5 Å². The molecule has 1 unspecified atom stereocenters. The second-order valence-corrected chi connectivity index (χ2v) is 3.60. The molecule has 3 nitrogen and oxygen atoms in total. The Morgan fingerprint density at radius 2 is 2.36 bits per heavy atom. The second-order valence-electron chi connectivity index (χ2n) is 3.60. The summed E-state index contributed by atoms with van der Waals surface area (Å²) >= 11 is 0. The van der Waals surface area contributed by atoms with Gasteiger partial charge in [-0.1, -0.05) is 0 Å². The summed E-state index contributed by atoms with van der Waals surface area (Å²) in [6.07, 6.45) is 1.39. The van der Waals surface area contributed by atoms with Gasteiger partial charge < -0.3 is 15.6 Å². The fourth-order valence-corrected chi connectivity index (χ4v) is 1.25. The van der Waals surface area contributed by atoms with Crippen molar-refractivity contribution < 1.29 is 9.84 Å². The quantitative estimate of drug-likeness (QED) is 0.577. The van der Waals surface area contributed by atoms with Crippen LogP contribution in [0.4, 0.5) is 0 Å². The molecule has 1 aliphatic heterocycles. The molecule has 1 fully saturated rings. The molecule has 0 amide bonds. The van der Waals surface area contributed by atoms with Gasteiger partial charge in [0, 0.05) is 6.04 Å². The first-order valence-electron chi connectivity index (χ1n) is 4.12. The molecule has 1 aliphatic rings. The fourth-order valence-electron chi connectivity index (χ4n) is 1.25. The van der Waals surface area contributed by atoms with Crippen LogP contribution in [0.1, 0.15) is 26.7 Å². The summed E-state index contributed by atoms with van der Waals surface area (Å²) in [6, 6.07) is 0.154. The van der Waals surface area contributed by atoms with Gasteiger partial charge in [-0.2, -0.15) is 0 Å². The van der Waals surface area contributed by atoms with Gasteiger partial charge in [-0.05, 0) is 26.7 Å². The zero-order chi connectivity index (χ0) is 8.48. The molecule has 0 radical (unpaired) electrons. The molecule has 0 aromatic heterocycles. The minimum atomic E-state index is -0.407. The maximum atomic E-state index is 9.36. The number of aliphatic hydroxyl groups is 1. The third-order valence-electron chi connectivity index (χ3n) is 2.52. The smallest absolute Gasteiger partial charge is 0.0910 e. The first kappa shape index (κ1) is 8.97. The van der Waals surface area contributed by atoms with Crippen LogP contribution in [0.25, 0.3) is 0 Å². The zero-order valence-corrected chi connectivity index (χ0v) is 7.21. The first-order valence-corrected chi connectivity index (χ1v) is 4.12. The number of hydrogen-bond donors (Lipinski definition) is 2. The van der Waals surface area contributed by atoms with Crippen molar-refractivity contribution in [2.24, 2.45) is 5.73 Å². The lowest BCUT2D eigenvalue weighted by Gasteiger charge is -2.38. The third kappa shape index (κ3) is 1.92. The lowest BCUT2D eigenvalue weighted by molar-refractivity contribution is -0.134. The van der Waals surface area contributed by atoms with Crippen molar-refractivity contribution in [2.75, 3.05) is 6.61 Å². The molecule has 0 saturated carbocycles. The summed E-state index contributed by atoms with van der Waals surface area (Å²) in [5, 5.41) is 9.36. The van der Waals surface area contributed by atoms with Crippen molar-refractivity contribution in [1.82, 2.24) is 0 Å². The summed E-state index contributed by atoms with van der Waals surface area (Å²) < 4.78 is 5.46. The van der Waals surface area contributed by atoms with Gasteiger partial charge in [0.05, 0.1) is 18.3 Å². The van der Waals surface area contributed by atoms with Crippen molar-refractivity contribution >= 4 is 0 Å². The van der Waals surface area contributed by atoms with Crippen molar-refractivity contribution in [1.29, 1.82) is 0 Å². The van der Waals surface area contributed by atoms with E-state index >= 15 is 0 Å². The molecule has 1 heterocycles. The summed E-state index contributed by atoms with van der Waals surface area (Å²) in [5.74, 6) is 0. The average Bonchev–Trinajstić information content (AvgIpc) is 1.95. The molecule has 66 valence electrons. The van der Waals surface area contributed by atoms with Gasteiger partial charge in [-0.3, -0.25) is 0 Å². The van der Waals surface area contributed by atoms with Crippen LogP contribution in [0.2, 0.25) is 0 Å². The summed E-state index contributed by atoms with van der Waals surface area (Å²) in [4.78, 5) is 0. The van der Waals surface area contributed by atoms with Crippen molar-refractivity contribution in [3.05, 3.63) is 0 Å². The van der Waals surface area contributed by atoms with Crippen LogP contribution in [-0.2, 0) is 4.74 Å². The van der Waals surface area contributed by atoms with E-state index in [9.17, 15) is 5.11 Å². The predicted molar refractivity (Wildman–Crippen MR) is 43.2 cm³/mol. The van der Waals surface area contributed by atoms with Gasteiger partial charge in [0.25, 0.3) is 0 Å². The Kier molecular flexibility index (Phi) is 2.52. The molecule has 0 aromatic carbocycles. The lowest BCUT2D eigenvalue weighted by Crippen LogP contribution is -2.48. The fraction of sp³-hybridized carbons (Fsp3) is 1.00. The first-order chi connectivity index (χ1) is 5.04. The minimum absolute atomic E-state index is 0.154. The van der Waals surface area contributed by atoms with E-state index in [1.54, 1.807) is 6.92 Å². The number of rotatable bonds is 1. The lowest BCUT2D eigenvalue weighted by atomic mass is 9.90. The molecular formula is C8H17NO2. The largest absolute Gasteiger partial charge is 0.390 e. The van der Waals surface area contributed by atoms with Crippen LogP contribution in [0, 0.1) is 0 Å². The van der Waals surface area contributed by atoms with Gasteiger partial charge in [-0.25, -0.2) is 0 Å². The molecule has 0 spiro atoms. The van der Waals surface area contributed by atoms with Gasteiger partial charge >= 0.3 is 0 Å². The molecule has 3 N–H and O–H groups in total. The van der Waals surface area contributed by atoms with Crippen molar-refractivity contribution in [3.8, 4) is 0 Å². The number of aliphatic hydroxyl groups excluding tert-OH is 1. The van der Waals surface area contributed by atoms with Crippen molar-refractivity contribution in [2.45, 2.75) is 44.4 Å². The summed E-state index contributed by atoms with van der Waals surface area (Å²) in [5.41, 5.74) is 5.28. The van der Waals surface area contributed by atoms with E-state index in [1.807, 2.05) is 6.92 Å². The highest BCUT2D eigenvalue weighted by Gasteiger charge is 2.34. The SMILES string of the molecule is CC(O)[C@@]1(C)CC[C@@H](N)CO1. The summed E-state index contributed by atoms with van der Waals surface area (Å²) in [7, 11) is 0. The Morgan fingerprint density at radius 1 is 1.73 bits per heavy atom. The van der Waals surface area contributed by atoms with Crippen LogP contribution in [0.3, 0.4) is 0 Å². The van der Waals surface area contributed by atoms with E-state index in [-0.39, 0.29) is 11.6 Å². The third-order valence-corrected chi connectivity index (χ3v) is 2.52. The van der Waals surface area contributed by atoms with Crippen molar-refractivity contribution in [3.63, 3.8) is 0 Å². The molecule has 0 bridgehead atoms. The maximum Gasteiger partial charge on any atom is 0.0910 e. The van der Waals surface area contributed by atoms with Crippen LogP contribution in [-0.4, -0.2) is 29.5 Å². The summed E-state index contributed by atoms with van der Waals surface area (Å²) in [6.45, 7) is 4.27. The Hall–Kier alpha value is -0.120. The van der Waals surface area contributed by atoms with E-state index in [0.717, 1.165) is 12.8 Å². The minimum Gasteiger partial charge on any atom is -0.390 e. The Bertz CT molecular complexity index is 128. The van der Waals surface area contributed by atoms with Gasteiger partial charge in [0.1, 0.15) is 0 Å². The van der Waals surface area contributed by atoms with E-state index in [0.29, 0.717) is 6.61 Å². The van der Waals surface area contributed by atoms with Gasteiger partial charge in [0.2, 0.25) is 0 Å².